The summed E-state index contributed by atoms with van der Waals surface area (Å²) in [6.45, 7) is 4.20. The number of aliphatic hydroxyl groups is 1. The number of carbonyl (C=O) groups is 1. The van der Waals surface area contributed by atoms with Gasteiger partial charge in [-0.2, -0.15) is 5.10 Å². The van der Waals surface area contributed by atoms with Gasteiger partial charge in [0.2, 0.25) is 0 Å². The van der Waals surface area contributed by atoms with Crippen LogP contribution in [0.3, 0.4) is 0 Å². The molecule has 2 N–H and O–H groups in total. The van der Waals surface area contributed by atoms with Gasteiger partial charge < -0.3 is 10.4 Å². The third kappa shape index (κ3) is 3.87. The summed E-state index contributed by atoms with van der Waals surface area (Å²) in [5.74, 6) is -0.253. The van der Waals surface area contributed by atoms with Crippen molar-refractivity contribution < 1.29 is 9.90 Å². The fourth-order valence-electron chi connectivity index (χ4n) is 2.10. The Morgan fingerprint density at radius 3 is 2.86 bits per heavy atom. The summed E-state index contributed by atoms with van der Waals surface area (Å²) in [5.41, 5.74) is 1.90. The highest BCUT2D eigenvalue weighted by Crippen LogP contribution is 2.21. The lowest BCUT2D eigenvalue weighted by atomic mass is 10.2. The van der Waals surface area contributed by atoms with Crippen LogP contribution in [-0.4, -0.2) is 33.4 Å². The van der Waals surface area contributed by atoms with Gasteiger partial charge in [0.25, 0.3) is 5.91 Å². The number of nitrogens with one attached hydrogen (secondary N) is 1. The summed E-state index contributed by atoms with van der Waals surface area (Å²) in [6, 6.07) is 9.06. The van der Waals surface area contributed by atoms with Gasteiger partial charge in [0.05, 0.1) is 16.8 Å². The van der Waals surface area contributed by atoms with E-state index in [4.69, 9.17) is 11.6 Å². The number of rotatable bonds is 6. The molecule has 22 heavy (non-hydrogen) atoms. The highest BCUT2D eigenvalue weighted by molar-refractivity contribution is 6.32. The monoisotopic (exact) mass is 321 g/mol. The summed E-state index contributed by atoms with van der Waals surface area (Å²) in [6.07, 6.45) is 0.824. The number of carbonyl (C=O) groups excluding carboxylic acids is 1. The first-order chi connectivity index (χ1) is 10.5. The summed E-state index contributed by atoms with van der Waals surface area (Å²) in [5, 5.41) is 17.1. The summed E-state index contributed by atoms with van der Waals surface area (Å²) in [4.78, 5) is 12.1. The van der Waals surface area contributed by atoms with Crippen molar-refractivity contribution in [2.24, 2.45) is 0 Å². The largest absolute Gasteiger partial charge is 0.393 e. The molecule has 1 heterocycles. The highest BCUT2D eigenvalue weighted by atomic mass is 35.5. The molecule has 1 unspecified atom stereocenters. The van der Waals surface area contributed by atoms with Crippen LogP contribution in [0.5, 0.6) is 0 Å². The van der Waals surface area contributed by atoms with Crippen LogP contribution in [-0.2, 0) is 0 Å². The van der Waals surface area contributed by atoms with Crippen LogP contribution in [0.2, 0.25) is 5.02 Å². The third-order valence-electron chi connectivity index (χ3n) is 3.44. The first-order valence-corrected chi connectivity index (χ1v) is 7.68. The Balaban J connectivity index is 2.10. The Labute approximate surface area is 134 Å². The molecule has 1 amide bonds. The summed E-state index contributed by atoms with van der Waals surface area (Å²) in [7, 11) is 0. The van der Waals surface area contributed by atoms with Crippen molar-refractivity contribution >= 4 is 17.5 Å². The van der Waals surface area contributed by atoms with E-state index >= 15 is 0 Å². The van der Waals surface area contributed by atoms with Crippen molar-refractivity contribution in [3.63, 3.8) is 0 Å². The van der Waals surface area contributed by atoms with Crippen LogP contribution < -0.4 is 5.32 Å². The Kier molecular flexibility index (Phi) is 5.57. The van der Waals surface area contributed by atoms with E-state index < -0.39 is 0 Å². The number of nitrogens with zero attached hydrogens (tertiary/aromatic N) is 2. The molecule has 6 heteroatoms. The fraction of sp³-hybridized carbons (Fsp3) is 0.375. The van der Waals surface area contributed by atoms with E-state index in [-0.39, 0.29) is 12.0 Å². The van der Waals surface area contributed by atoms with Crippen LogP contribution in [0, 0.1) is 6.92 Å². The minimum atomic E-state index is -0.386. The third-order valence-corrected chi connectivity index (χ3v) is 3.75. The number of halogens is 1. The Bertz CT molecular complexity index is 655. The predicted molar refractivity (Wildman–Crippen MR) is 86.6 cm³/mol. The molecule has 0 fully saturated rings. The van der Waals surface area contributed by atoms with E-state index in [1.807, 2.05) is 32.0 Å². The number of hydrogen-bond donors (Lipinski definition) is 2. The van der Waals surface area contributed by atoms with E-state index in [1.165, 1.54) is 0 Å². The Morgan fingerprint density at radius 1 is 1.45 bits per heavy atom. The molecule has 0 spiro atoms. The van der Waals surface area contributed by atoms with Gasteiger partial charge >= 0.3 is 0 Å². The van der Waals surface area contributed by atoms with Gasteiger partial charge in [-0.15, -0.1) is 0 Å². The van der Waals surface area contributed by atoms with Crippen molar-refractivity contribution in [3.8, 4) is 5.69 Å². The van der Waals surface area contributed by atoms with E-state index in [9.17, 15) is 9.90 Å². The standard InChI is InChI=1S/C16H20ClN3O2/c1-3-12(21)8-9-18-16(22)14-10-11(2)20(19-14)15-7-5-4-6-13(15)17/h4-7,10,12,21H,3,8-9H2,1-2H3,(H,18,22). The van der Waals surface area contributed by atoms with E-state index in [2.05, 4.69) is 10.4 Å². The van der Waals surface area contributed by atoms with Gasteiger partial charge in [-0.3, -0.25) is 4.79 Å². The summed E-state index contributed by atoms with van der Waals surface area (Å²) < 4.78 is 1.65. The molecule has 5 nitrogen and oxygen atoms in total. The van der Waals surface area contributed by atoms with Gasteiger partial charge in [0.15, 0.2) is 5.69 Å². The molecule has 0 aliphatic heterocycles. The van der Waals surface area contributed by atoms with Gasteiger partial charge in [0, 0.05) is 12.2 Å². The molecule has 1 aromatic carbocycles. The molecular formula is C16H20ClN3O2. The van der Waals surface area contributed by atoms with Crippen molar-refractivity contribution in [2.75, 3.05) is 6.54 Å². The first kappa shape index (κ1) is 16.5. The topological polar surface area (TPSA) is 67.2 Å². The maximum Gasteiger partial charge on any atom is 0.271 e. The molecule has 0 saturated heterocycles. The zero-order valence-corrected chi connectivity index (χ0v) is 13.5. The van der Waals surface area contributed by atoms with Gasteiger partial charge in [-0.25, -0.2) is 4.68 Å². The average Bonchev–Trinajstić information content (AvgIpc) is 2.89. The Morgan fingerprint density at radius 2 is 2.18 bits per heavy atom. The number of para-hydroxylation sites is 1. The maximum atomic E-state index is 12.1. The number of hydrogen-bond acceptors (Lipinski definition) is 3. The SMILES string of the molecule is CCC(O)CCNC(=O)c1cc(C)n(-c2ccccc2Cl)n1. The van der Waals surface area contributed by atoms with Crippen LogP contribution in [0.1, 0.15) is 35.9 Å². The molecule has 2 rings (SSSR count). The predicted octanol–water partition coefficient (Wildman–Crippen LogP) is 2.72. The normalized spacial score (nSPS) is 12.2. The Hall–Kier alpha value is -1.85. The van der Waals surface area contributed by atoms with Gasteiger partial charge in [-0.1, -0.05) is 30.7 Å². The lowest BCUT2D eigenvalue weighted by Crippen LogP contribution is -2.27. The van der Waals surface area contributed by atoms with Crippen LogP contribution >= 0.6 is 11.6 Å². The second-order valence-electron chi connectivity index (χ2n) is 5.14. The van der Waals surface area contributed by atoms with Crippen molar-refractivity contribution in [2.45, 2.75) is 32.8 Å². The molecule has 118 valence electrons. The number of aromatic nitrogens is 2. The van der Waals surface area contributed by atoms with Crippen LogP contribution in [0.25, 0.3) is 5.69 Å². The number of aliphatic hydroxyl groups excluding tert-OH is 1. The molecule has 0 bridgehead atoms. The van der Waals surface area contributed by atoms with E-state index in [1.54, 1.807) is 16.8 Å². The molecule has 0 saturated carbocycles. The second kappa shape index (κ2) is 7.42. The lowest BCUT2D eigenvalue weighted by Gasteiger charge is -2.08. The van der Waals surface area contributed by atoms with Crippen molar-refractivity contribution in [1.82, 2.24) is 15.1 Å². The molecular weight excluding hydrogens is 302 g/mol. The smallest absolute Gasteiger partial charge is 0.271 e. The lowest BCUT2D eigenvalue weighted by molar-refractivity contribution is 0.0936. The minimum Gasteiger partial charge on any atom is -0.393 e. The number of aryl methyl sites for hydroxylation is 1. The van der Waals surface area contributed by atoms with Crippen molar-refractivity contribution in [1.29, 1.82) is 0 Å². The molecule has 2 aromatic rings. The molecule has 1 atom stereocenters. The van der Waals surface area contributed by atoms with Crippen LogP contribution in [0.15, 0.2) is 30.3 Å². The quantitative estimate of drug-likeness (QED) is 0.859. The highest BCUT2D eigenvalue weighted by Gasteiger charge is 2.14. The zero-order chi connectivity index (χ0) is 16.1. The molecule has 1 aromatic heterocycles. The van der Waals surface area contributed by atoms with Crippen LogP contribution in [0.4, 0.5) is 0 Å². The van der Waals surface area contributed by atoms with E-state index in [0.717, 1.165) is 11.4 Å². The molecule has 0 aliphatic rings. The van der Waals surface area contributed by atoms with Gasteiger partial charge in [0.1, 0.15) is 0 Å². The van der Waals surface area contributed by atoms with Gasteiger partial charge in [-0.05, 0) is 38.0 Å². The number of benzene rings is 1. The molecule has 0 aliphatic carbocycles. The summed E-state index contributed by atoms with van der Waals surface area (Å²) >= 11 is 6.16. The second-order valence-corrected chi connectivity index (χ2v) is 5.55. The van der Waals surface area contributed by atoms with Crippen molar-refractivity contribution in [3.05, 3.63) is 46.7 Å². The maximum absolute atomic E-state index is 12.1. The minimum absolute atomic E-state index is 0.253. The number of amides is 1. The van der Waals surface area contributed by atoms with E-state index in [0.29, 0.717) is 30.1 Å². The average molecular weight is 322 g/mol. The molecule has 0 radical (unpaired) electrons. The first-order valence-electron chi connectivity index (χ1n) is 7.30. The fourth-order valence-corrected chi connectivity index (χ4v) is 2.32. The zero-order valence-electron chi connectivity index (χ0n) is 12.7.